The summed E-state index contributed by atoms with van der Waals surface area (Å²) in [4.78, 5) is 2.19. The number of nitrogens with zero attached hydrogens (tertiary/aromatic N) is 1. The van der Waals surface area contributed by atoms with Gasteiger partial charge in [0.2, 0.25) is 0 Å². The molecule has 2 rings (SSSR count). The first-order chi connectivity index (χ1) is 9.43. The largest absolute Gasteiger partial charge is 0.459 e. The van der Waals surface area contributed by atoms with Crippen LogP contribution < -0.4 is 11.3 Å². The molecule has 4 heteroatoms. The van der Waals surface area contributed by atoms with E-state index >= 15 is 0 Å². The zero-order valence-electron chi connectivity index (χ0n) is 13.0. The van der Waals surface area contributed by atoms with Crippen molar-refractivity contribution in [2.75, 3.05) is 14.1 Å². The number of likely N-dealkylation sites (N-methyl/N-ethyl adjacent to an activating group) is 1. The van der Waals surface area contributed by atoms with Gasteiger partial charge in [-0.25, -0.2) is 5.43 Å². The summed E-state index contributed by atoms with van der Waals surface area (Å²) in [7, 11) is 4.14. The van der Waals surface area contributed by atoms with E-state index in [-0.39, 0.29) is 11.6 Å². The molecule has 0 amide bonds. The Morgan fingerprint density at radius 1 is 1.40 bits per heavy atom. The molecule has 2 aromatic rings. The van der Waals surface area contributed by atoms with Crippen LogP contribution in [-0.2, 0) is 0 Å². The maximum atomic E-state index is 6.08. The number of rotatable bonds is 5. The first-order valence-corrected chi connectivity index (χ1v) is 7.06. The van der Waals surface area contributed by atoms with Crippen LogP contribution in [0.4, 0.5) is 0 Å². The van der Waals surface area contributed by atoms with Gasteiger partial charge in [-0.3, -0.25) is 5.84 Å². The summed E-state index contributed by atoms with van der Waals surface area (Å²) >= 11 is 0. The van der Waals surface area contributed by atoms with Gasteiger partial charge in [0.05, 0.1) is 6.04 Å². The number of nitrogens with one attached hydrogen (secondary N) is 1. The van der Waals surface area contributed by atoms with Crippen LogP contribution in [-0.4, -0.2) is 24.5 Å². The molecule has 1 aromatic heterocycles. The summed E-state index contributed by atoms with van der Waals surface area (Å²) in [5, 5.41) is 1.12. The van der Waals surface area contributed by atoms with Gasteiger partial charge in [0.25, 0.3) is 0 Å². The third-order valence-electron chi connectivity index (χ3n) is 4.57. The Bertz CT molecular complexity index is 590. The van der Waals surface area contributed by atoms with Gasteiger partial charge >= 0.3 is 0 Å². The van der Waals surface area contributed by atoms with Crippen LogP contribution in [0.3, 0.4) is 0 Å². The molecule has 1 aromatic carbocycles. The molecule has 1 heterocycles. The Labute approximate surface area is 120 Å². The van der Waals surface area contributed by atoms with Crippen molar-refractivity contribution in [1.82, 2.24) is 10.3 Å². The molecule has 0 aliphatic carbocycles. The molecule has 0 saturated heterocycles. The lowest BCUT2D eigenvalue weighted by Gasteiger charge is -2.41. The van der Waals surface area contributed by atoms with E-state index in [0.717, 1.165) is 28.7 Å². The number of hydrogen-bond acceptors (Lipinski definition) is 4. The average molecular weight is 275 g/mol. The van der Waals surface area contributed by atoms with Gasteiger partial charge < -0.3 is 9.32 Å². The van der Waals surface area contributed by atoms with E-state index in [1.165, 1.54) is 0 Å². The zero-order chi connectivity index (χ0) is 14.9. The highest BCUT2D eigenvalue weighted by Crippen LogP contribution is 2.35. The number of nitrogens with two attached hydrogens (primary N) is 1. The smallest absolute Gasteiger partial charge is 0.137 e. The summed E-state index contributed by atoms with van der Waals surface area (Å²) in [5.74, 6) is 6.71. The SMILES string of the molecule is CCC(C)(C(NN)c1cc2cccc(C)c2o1)N(C)C. The predicted octanol–water partition coefficient (Wildman–Crippen LogP) is 2.98. The second kappa shape index (κ2) is 5.56. The Kier molecular flexibility index (Phi) is 4.18. The van der Waals surface area contributed by atoms with Gasteiger partial charge in [0.1, 0.15) is 11.3 Å². The molecular formula is C16H25N3O. The fraction of sp³-hybridized carbons (Fsp3) is 0.500. The molecule has 0 aliphatic heterocycles. The van der Waals surface area contributed by atoms with Crippen LogP contribution in [0.15, 0.2) is 28.7 Å². The van der Waals surface area contributed by atoms with Crippen molar-refractivity contribution in [2.24, 2.45) is 5.84 Å². The summed E-state index contributed by atoms with van der Waals surface area (Å²) in [5.41, 5.74) is 4.91. The number of furan rings is 1. The van der Waals surface area contributed by atoms with Gasteiger partial charge in [0.15, 0.2) is 0 Å². The average Bonchev–Trinajstić information content (AvgIpc) is 2.84. The van der Waals surface area contributed by atoms with Gasteiger partial charge in [0, 0.05) is 10.9 Å². The standard InChI is InChI=1S/C16H25N3O/c1-6-16(3,19(4)5)15(18-17)13-10-12-9-7-8-11(2)14(12)20-13/h7-10,15,18H,6,17H2,1-5H3. The lowest BCUT2D eigenvalue weighted by atomic mass is 9.86. The van der Waals surface area contributed by atoms with Crippen LogP contribution >= 0.6 is 0 Å². The highest BCUT2D eigenvalue weighted by molar-refractivity contribution is 5.81. The Balaban J connectivity index is 2.52. The minimum absolute atomic E-state index is 0.0608. The number of para-hydroxylation sites is 1. The normalized spacial score (nSPS) is 16.6. The third kappa shape index (κ3) is 2.35. The summed E-state index contributed by atoms with van der Waals surface area (Å²) < 4.78 is 6.08. The highest BCUT2D eigenvalue weighted by atomic mass is 16.3. The maximum absolute atomic E-state index is 6.08. The second-order valence-corrected chi connectivity index (χ2v) is 5.85. The van der Waals surface area contributed by atoms with Crippen molar-refractivity contribution in [3.63, 3.8) is 0 Å². The maximum Gasteiger partial charge on any atom is 0.137 e. The van der Waals surface area contributed by atoms with E-state index < -0.39 is 0 Å². The Morgan fingerprint density at radius 2 is 2.10 bits per heavy atom. The molecule has 0 spiro atoms. The van der Waals surface area contributed by atoms with Crippen LogP contribution in [0.5, 0.6) is 0 Å². The Hall–Kier alpha value is -1.36. The van der Waals surface area contributed by atoms with Crippen LogP contribution in [0.1, 0.15) is 37.6 Å². The number of aryl methyl sites for hydroxylation is 1. The van der Waals surface area contributed by atoms with Gasteiger partial charge in [-0.1, -0.05) is 25.1 Å². The molecule has 0 bridgehead atoms. The van der Waals surface area contributed by atoms with E-state index in [9.17, 15) is 0 Å². The summed E-state index contributed by atoms with van der Waals surface area (Å²) in [6.45, 7) is 6.42. The lowest BCUT2D eigenvalue weighted by molar-refractivity contribution is 0.102. The quantitative estimate of drug-likeness (QED) is 0.650. The summed E-state index contributed by atoms with van der Waals surface area (Å²) in [6.07, 6.45) is 0.963. The van der Waals surface area contributed by atoms with Crippen LogP contribution in [0.25, 0.3) is 11.0 Å². The van der Waals surface area contributed by atoms with E-state index in [4.69, 9.17) is 10.3 Å². The minimum atomic E-state index is -0.115. The molecule has 0 saturated carbocycles. The molecule has 2 atom stereocenters. The number of hydrazine groups is 1. The van der Waals surface area contributed by atoms with E-state index in [1.807, 2.05) is 6.07 Å². The number of fused-ring (bicyclic) bond motifs is 1. The van der Waals surface area contributed by atoms with Gasteiger partial charge in [-0.2, -0.15) is 0 Å². The van der Waals surface area contributed by atoms with E-state index in [0.29, 0.717) is 0 Å². The molecule has 4 nitrogen and oxygen atoms in total. The monoisotopic (exact) mass is 275 g/mol. The highest BCUT2D eigenvalue weighted by Gasteiger charge is 2.37. The minimum Gasteiger partial charge on any atom is -0.459 e. The molecule has 20 heavy (non-hydrogen) atoms. The third-order valence-corrected chi connectivity index (χ3v) is 4.57. The summed E-state index contributed by atoms with van der Waals surface area (Å²) in [6, 6.07) is 8.21. The van der Waals surface area contributed by atoms with Crippen molar-refractivity contribution in [1.29, 1.82) is 0 Å². The van der Waals surface area contributed by atoms with Crippen LogP contribution in [0.2, 0.25) is 0 Å². The van der Waals surface area contributed by atoms with Crippen molar-refractivity contribution >= 4 is 11.0 Å². The van der Waals surface area contributed by atoms with Crippen molar-refractivity contribution in [3.8, 4) is 0 Å². The van der Waals surface area contributed by atoms with Crippen LogP contribution in [0, 0.1) is 6.92 Å². The Morgan fingerprint density at radius 3 is 2.60 bits per heavy atom. The lowest BCUT2D eigenvalue weighted by Crippen LogP contribution is -2.52. The van der Waals surface area contributed by atoms with Crippen molar-refractivity contribution in [2.45, 2.75) is 38.8 Å². The van der Waals surface area contributed by atoms with E-state index in [2.05, 4.69) is 63.4 Å². The molecule has 3 N–H and O–H groups in total. The molecule has 0 aliphatic rings. The van der Waals surface area contributed by atoms with Gasteiger partial charge in [-0.15, -0.1) is 0 Å². The number of benzene rings is 1. The molecule has 0 radical (unpaired) electrons. The van der Waals surface area contributed by atoms with Gasteiger partial charge in [-0.05, 0) is 46.0 Å². The van der Waals surface area contributed by atoms with E-state index in [1.54, 1.807) is 0 Å². The molecule has 110 valence electrons. The number of hydrogen-bond donors (Lipinski definition) is 2. The second-order valence-electron chi connectivity index (χ2n) is 5.85. The fourth-order valence-corrected chi connectivity index (χ4v) is 2.72. The fourth-order valence-electron chi connectivity index (χ4n) is 2.72. The molecular weight excluding hydrogens is 250 g/mol. The predicted molar refractivity (Wildman–Crippen MR) is 83.4 cm³/mol. The van der Waals surface area contributed by atoms with Crippen molar-refractivity contribution in [3.05, 3.63) is 35.6 Å². The molecule has 0 fully saturated rings. The topological polar surface area (TPSA) is 54.4 Å². The first-order valence-electron chi connectivity index (χ1n) is 7.06. The van der Waals surface area contributed by atoms with Crippen molar-refractivity contribution < 1.29 is 4.42 Å². The first kappa shape index (κ1) is 15.0. The zero-order valence-corrected chi connectivity index (χ0v) is 13.0. The molecule has 2 unspecified atom stereocenters.